The molecule has 4 N–H and O–H groups in total. The van der Waals surface area contributed by atoms with Crippen LogP contribution in [-0.4, -0.2) is 44.7 Å². The molecule has 0 saturated carbocycles. The highest BCUT2D eigenvalue weighted by atomic mass is 16.6. The number of aromatic nitrogens is 3. The van der Waals surface area contributed by atoms with Crippen LogP contribution in [0.5, 0.6) is 11.5 Å². The van der Waals surface area contributed by atoms with Gasteiger partial charge in [-0.3, -0.25) is 0 Å². The summed E-state index contributed by atoms with van der Waals surface area (Å²) in [4.78, 5) is 11.8. The van der Waals surface area contributed by atoms with Crippen molar-refractivity contribution in [2.75, 3.05) is 6.51 Å². The smallest absolute Gasteiger partial charge is 0.531 e. The number of benzene rings is 2. The Bertz CT molecular complexity index is 1040. The summed E-state index contributed by atoms with van der Waals surface area (Å²) in [6, 6.07) is 10.9. The molecule has 9 nitrogen and oxygen atoms in total. The van der Waals surface area contributed by atoms with Crippen molar-refractivity contribution in [1.82, 2.24) is 15.0 Å². The molecule has 0 unspecified atom stereocenters. The van der Waals surface area contributed by atoms with Gasteiger partial charge in [-0.05, 0) is 23.3 Å². The molecule has 0 amide bonds. The Balaban J connectivity index is 1.66. The summed E-state index contributed by atoms with van der Waals surface area (Å²) in [6.45, 7) is 0.532. The Morgan fingerprint density at radius 2 is 2.18 bits per heavy atom. The molecule has 0 aliphatic carbocycles. The first-order chi connectivity index (χ1) is 13.5. The highest BCUT2D eigenvalue weighted by molar-refractivity contribution is 6.44. The number of carboxylic acids is 1. The molecule has 0 atom stereocenters. The minimum absolute atomic E-state index is 0.0136. The van der Waals surface area contributed by atoms with Crippen molar-refractivity contribution in [3.63, 3.8) is 0 Å². The molecular weight excluding hydrogens is 363 g/mol. The molecule has 0 spiro atoms. The van der Waals surface area contributed by atoms with E-state index >= 15 is 0 Å². The zero-order valence-electron chi connectivity index (χ0n) is 14.8. The molecule has 2 aromatic carbocycles. The summed E-state index contributed by atoms with van der Waals surface area (Å²) in [7, 11) is -1.21. The summed E-state index contributed by atoms with van der Waals surface area (Å²) in [5.41, 5.74) is 8.57. The zero-order chi connectivity index (χ0) is 19.7. The van der Waals surface area contributed by atoms with E-state index in [9.17, 15) is 14.9 Å². The van der Waals surface area contributed by atoms with Gasteiger partial charge in [0.15, 0.2) is 11.5 Å². The molecule has 0 bridgehead atoms. The van der Waals surface area contributed by atoms with E-state index in [1.54, 1.807) is 23.0 Å². The highest BCUT2D eigenvalue weighted by Gasteiger charge is 2.31. The second-order valence-corrected chi connectivity index (χ2v) is 6.32. The minimum Gasteiger partial charge on any atom is -0.531 e. The third-order valence-electron chi connectivity index (χ3n) is 4.39. The van der Waals surface area contributed by atoms with Gasteiger partial charge in [-0.2, -0.15) is 0 Å². The molecule has 3 aromatic rings. The molecule has 0 fully saturated rings. The van der Waals surface area contributed by atoms with E-state index in [0.717, 1.165) is 11.1 Å². The maximum Gasteiger partial charge on any atom is 0.563 e. The van der Waals surface area contributed by atoms with E-state index in [0.29, 0.717) is 17.8 Å². The average molecular weight is 380 g/mol. The Kier molecular flexibility index (Phi) is 4.72. The highest BCUT2D eigenvalue weighted by Crippen LogP contribution is 2.36. The standard InChI is InChI=1S/C18H17BN4O5/c20-7-11-2-1-3-12(6-11)14-9-23(22-21-14)8-13-4-5-15-17(16(13)18(24)25)28-19(26)10-27-15/h1-6,9,26H,7-8,10,20H2,(H,24,25). The van der Waals surface area contributed by atoms with Crippen molar-refractivity contribution in [2.45, 2.75) is 13.1 Å². The van der Waals surface area contributed by atoms with Crippen molar-refractivity contribution in [3.05, 3.63) is 59.3 Å². The van der Waals surface area contributed by atoms with Crippen LogP contribution in [0.25, 0.3) is 11.3 Å². The Morgan fingerprint density at radius 3 is 2.96 bits per heavy atom. The first kappa shape index (κ1) is 18.0. The van der Waals surface area contributed by atoms with Crippen molar-refractivity contribution in [3.8, 4) is 22.8 Å². The molecule has 1 aliphatic heterocycles. The third-order valence-corrected chi connectivity index (χ3v) is 4.39. The summed E-state index contributed by atoms with van der Waals surface area (Å²) >= 11 is 0. The average Bonchev–Trinajstić information content (AvgIpc) is 3.16. The van der Waals surface area contributed by atoms with Crippen LogP contribution in [0.1, 0.15) is 21.5 Å². The molecule has 1 aromatic heterocycles. The van der Waals surface area contributed by atoms with E-state index in [1.807, 2.05) is 24.3 Å². The Morgan fingerprint density at radius 1 is 1.32 bits per heavy atom. The molecule has 10 heteroatoms. The van der Waals surface area contributed by atoms with Gasteiger partial charge in [-0.15, -0.1) is 5.10 Å². The predicted octanol–water partition coefficient (Wildman–Crippen LogP) is 0.941. The number of carboxylic acid groups (broad SMARTS) is 1. The predicted molar refractivity (Wildman–Crippen MR) is 99.9 cm³/mol. The molecule has 142 valence electrons. The van der Waals surface area contributed by atoms with Crippen molar-refractivity contribution in [1.29, 1.82) is 0 Å². The first-order valence-corrected chi connectivity index (χ1v) is 8.61. The topological polar surface area (TPSA) is 133 Å². The minimum atomic E-state index is -1.21. The van der Waals surface area contributed by atoms with Gasteiger partial charge in [0.05, 0.1) is 12.7 Å². The SMILES string of the molecule is NCc1cccc(-c2cn(Cc3ccc4c(c3C(=O)O)OB(O)CO4)nn2)c1. The number of hydrogen-bond acceptors (Lipinski definition) is 7. The van der Waals surface area contributed by atoms with Gasteiger partial charge in [0.2, 0.25) is 0 Å². The van der Waals surface area contributed by atoms with Crippen molar-refractivity contribution >= 4 is 13.1 Å². The lowest BCUT2D eigenvalue weighted by molar-refractivity contribution is 0.0691. The molecule has 2 heterocycles. The van der Waals surface area contributed by atoms with Crippen LogP contribution in [0, 0.1) is 0 Å². The van der Waals surface area contributed by atoms with Crippen LogP contribution in [0.4, 0.5) is 0 Å². The van der Waals surface area contributed by atoms with E-state index in [4.69, 9.17) is 15.1 Å². The molecular formula is C18H17BN4O5. The lowest BCUT2D eigenvalue weighted by Gasteiger charge is -2.23. The second kappa shape index (κ2) is 7.33. The molecule has 0 radical (unpaired) electrons. The fourth-order valence-electron chi connectivity index (χ4n) is 3.07. The van der Waals surface area contributed by atoms with E-state index in [2.05, 4.69) is 10.3 Å². The number of rotatable bonds is 5. The van der Waals surface area contributed by atoms with E-state index in [1.165, 1.54) is 0 Å². The van der Waals surface area contributed by atoms with Crippen molar-refractivity contribution < 1.29 is 24.3 Å². The lowest BCUT2D eigenvalue weighted by Crippen LogP contribution is -2.35. The van der Waals surface area contributed by atoms with Gasteiger partial charge in [0.25, 0.3) is 0 Å². The summed E-state index contributed by atoms with van der Waals surface area (Å²) in [5, 5.41) is 27.5. The summed E-state index contributed by atoms with van der Waals surface area (Å²) in [6.07, 6.45) is 1.73. The monoisotopic (exact) mass is 380 g/mol. The van der Waals surface area contributed by atoms with Crippen LogP contribution >= 0.6 is 0 Å². The van der Waals surface area contributed by atoms with Crippen LogP contribution < -0.4 is 15.1 Å². The quantitative estimate of drug-likeness (QED) is 0.557. The van der Waals surface area contributed by atoms with Gasteiger partial charge in [-0.25, -0.2) is 9.48 Å². The van der Waals surface area contributed by atoms with Crippen molar-refractivity contribution in [2.24, 2.45) is 5.73 Å². The van der Waals surface area contributed by atoms with Gasteiger partial charge in [0.1, 0.15) is 17.8 Å². The number of aromatic carboxylic acids is 1. The number of fused-ring (bicyclic) bond motifs is 1. The molecule has 28 heavy (non-hydrogen) atoms. The van der Waals surface area contributed by atoms with Gasteiger partial charge >= 0.3 is 13.1 Å². The number of nitrogens with two attached hydrogens (primary N) is 1. The second-order valence-electron chi connectivity index (χ2n) is 6.32. The van der Waals surface area contributed by atoms with Crippen LogP contribution in [-0.2, 0) is 13.1 Å². The normalized spacial score (nSPS) is 12.9. The van der Waals surface area contributed by atoms with E-state index in [-0.39, 0.29) is 30.1 Å². The van der Waals surface area contributed by atoms with Gasteiger partial charge < -0.3 is 25.3 Å². The van der Waals surface area contributed by atoms with Gasteiger partial charge in [0, 0.05) is 12.1 Å². The van der Waals surface area contributed by atoms with Gasteiger partial charge in [-0.1, -0.05) is 29.5 Å². The zero-order valence-corrected chi connectivity index (χ0v) is 14.8. The summed E-state index contributed by atoms with van der Waals surface area (Å²) in [5.74, 6) is -0.885. The lowest BCUT2D eigenvalue weighted by atomic mass is 9.90. The number of nitrogens with zero attached hydrogens (tertiary/aromatic N) is 3. The fourth-order valence-corrected chi connectivity index (χ4v) is 3.07. The van der Waals surface area contributed by atoms with Crippen LogP contribution in [0.15, 0.2) is 42.6 Å². The largest absolute Gasteiger partial charge is 0.563 e. The summed E-state index contributed by atoms with van der Waals surface area (Å²) < 4.78 is 12.2. The number of carbonyl (C=O) groups is 1. The Labute approximate surface area is 160 Å². The van der Waals surface area contributed by atoms with Crippen LogP contribution in [0.3, 0.4) is 0 Å². The number of ether oxygens (including phenoxy) is 1. The maximum absolute atomic E-state index is 11.8. The molecule has 0 saturated heterocycles. The first-order valence-electron chi connectivity index (χ1n) is 8.61. The fraction of sp³-hybridized carbons (Fsp3) is 0.167. The Hall–Kier alpha value is -3.37. The third kappa shape index (κ3) is 3.42. The van der Waals surface area contributed by atoms with Crippen LogP contribution in [0.2, 0.25) is 0 Å². The molecule has 4 rings (SSSR count). The molecule has 1 aliphatic rings. The van der Waals surface area contributed by atoms with E-state index < -0.39 is 13.1 Å². The number of hydrogen-bond donors (Lipinski definition) is 3. The maximum atomic E-state index is 11.8.